The number of nitrogens with zero attached hydrogens (tertiary/aromatic N) is 2. The molecule has 0 unspecified atom stereocenters. The first kappa shape index (κ1) is 9.57. The van der Waals surface area contributed by atoms with E-state index in [0.29, 0.717) is 0 Å². The number of hydrogen-bond acceptors (Lipinski definition) is 2. The van der Waals surface area contributed by atoms with Crippen LogP contribution in [-0.2, 0) is 7.05 Å². The van der Waals surface area contributed by atoms with E-state index in [1.54, 1.807) is 0 Å². The molecule has 0 aliphatic heterocycles. The smallest absolute Gasteiger partial charge is 0.338 e. The summed E-state index contributed by atoms with van der Waals surface area (Å²) in [6.07, 6.45) is 1.42. The standard InChI is InChI=1S/C9H6F2N2O2/c1-13-3-4-2-5(9(14)15)6(10)7(11)8(4)12-13/h2-3H,1H3,(H,14,15). The predicted molar refractivity (Wildman–Crippen MR) is 47.6 cm³/mol. The second-order valence-electron chi connectivity index (χ2n) is 3.10. The van der Waals surface area contributed by atoms with Crippen LogP contribution in [0.1, 0.15) is 10.4 Å². The van der Waals surface area contributed by atoms with E-state index in [2.05, 4.69) is 5.10 Å². The lowest BCUT2D eigenvalue weighted by Crippen LogP contribution is -2.03. The monoisotopic (exact) mass is 212 g/mol. The molecular formula is C9H6F2N2O2. The molecule has 4 nitrogen and oxygen atoms in total. The first-order valence-electron chi connectivity index (χ1n) is 4.05. The molecule has 0 fully saturated rings. The topological polar surface area (TPSA) is 55.1 Å². The van der Waals surface area contributed by atoms with E-state index >= 15 is 0 Å². The second kappa shape index (κ2) is 3.01. The van der Waals surface area contributed by atoms with Gasteiger partial charge in [-0.05, 0) is 6.07 Å². The number of aryl methyl sites for hydroxylation is 1. The minimum Gasteiger partial charge on any atom is -0.478 e. The van der Waals surface area contributed by atoms with Crippen molar-refractivity contribution >= 4 is 16.9 Å². The fourth-order valence-corrected chi connectivity index (χ4v) is 1.38. The molecule has 1 N–H and O–H groups in total. The van der Waals surface area contributed by atoms with Gasteiger partial charge >= 0.3 is 5.97 Å². The highest BCUT2D eigenvalue weighted by Gasteiger charge is 2.19. The molecular weight excluding hydrogens is 206 g/mol. The SMILES string of the molecule is Cn1cc2cc(C(=O)O)c(F)c(F)c2n1. The van der Waals surface area contributed by atoms with Crippen molar-refractivity contribution in [3.05, 3.63) is 29.5 Å². The van der Waals surface area contributed by atoms with Crippen LogP contribution in [0.3, 0.4) is 0 Å². The fourth-order valence-electron chi connectivity index (χ4n) is 1.38. The molecule has 1 aromatic heterocycles. The Kier molecular flexibility index (Phi) is 1.92. The number of carboxylic acids is 1. The van der Waals surface area contributed by atoms with E-state index in [9.17, 15) is 13.6 Å². The van der Waals surface area contributed by atoms with Crippen molar-refractivity contribution in [3.8, 4) is 0 Å². The third kappa shape index (κ3) is 1.34. The molecule has 0 radical (unpaired) electrons. The number of rotatable bonds is 1. The number of benzene rings is 1. The van der Waals surface area contributed by atoms with Gasteiger partial charge in [-0.25, -0.2) is 13.6 Å². The van der Waals surface area contributed by atoms with Crippen molar-refractivity contribution < 1.29 is 18.7 Å². The summed E-state index contributed by atoms with van der Waals surface area (Å²) >= 11 is 0. The Labute approximate surface area is 82.7 Å². The lowest BCUT2D eigenvalue weighted by Gasteiger charge is -1.98. The van der Waals surface area contributed by atoms with Crippen LogP contribution < -0.4 is 0 Å². The maximum absolute atomic E-state index is 13.3. The van der Waals surface area contributed by atoms with E-state index in [0.717, 1.165) is 6.07 Å². The summed E-state index contributed by atoms with van der Waals surface area (Å²) in [5.41, 5.74) is -0.854. The van der Waals surface area contributed by atoms with Gasteiger partial charge in [0.15, 0.2) is 11.6 Å². The van der Waals surface area contributed by atoms with Gasteiger partial charge in [-0.1, -0.05) is 0 Å². The van der Waals surface area contributed by atoms with Crippen molar-refractivity contribution in [1.29, 1.82) is 0 Å². The van der Waals surface area contributed by atoms with Gasteiger partial charge in [0, 0.05) is 18.6 Å². The number of fused-ring (bicyclic) bond motifs is 1. The highest BCUT2D eigenvalue weighted by molar-refractivity contribution is 5.93. The molecule has 1 heterocycles. The Bertz CT molecular complexity index is 563. The normalized spacial score (nSPS) is 10.9. The van der Waals surface area contributed by atoms with Gasteiger partial charge in [0.1, 0.15) is 5.52 Å². The number of aromatic nitrogens is 2. The Balaban J connectivity index is 2.87. The average Bonchev–Trinajstić information content (AvgIpc) is 2.52. The zero-order valence-electron chi connectivity index (χ0n) is 7.66. The van der Waals surface area contributed by atoms with Crippen LogP contribution in [-0.4, -0.2) is 20.9 Å². The van der Waals surface area contributed by atoms with Gasteiger partial charge in [0.05, 0.1) is 5.56 Å². The quantitative estimate of drug-likeness (QED) is 0.780. The molecule has 0 atom stereocenters. The summed E-state index contributed by atoms with van der Waals surface area (Å²) in [5, 5.41) is 12.6. The summed E-state index contributed by atoms with van der Waals surface area (Å²) in [4.78, 5) is 10.6. The average molecular weight is 212 g/mol. The Hall–Kier alpha value is -1.98. The van der Waals surface area contributed by atoms with Crippen LogP contribution in [0.25, 0.3) is 10.9 Å². The number of halogens is 2. The maximum atomic E-state index is 13.3. The van der Waals surface area contributed by atoms with Gasteiger partial charge in [0.2, 0.25) is 0 Å². The summed E-state index contributed by atoms with van der Waals surface area (Å²) in [7, 11) is 1.54. The van der Waals surface area contributed by atoms with Gasteiger partial charge in [-0.3, -0.25) is 4.68 Å². The largest absolute Gasteiger partial charge is 0.478 e. The first-order chi connectivity index (χ1) is 7.00. The van der Waals surface area contributed by atoms with E-state index in [1.807, 2.05) is 0 Å². The summed E-state index contributed by atoms with van der Waals surface area (Å²) < 4.78 is 27.8. The van der Waals surface area contributed by atoms with Gasteiger partial charge < -0.3 is 5.11 Å². The van der Waals surface area contributed by atoms with Crippen LogP contribution in [0.15, 0.2) is 12.3 Å². The van der Waals surface area contributed by atoms with Crippen LogP contribution >= 0.6 is 0 Å². The van der Waals surface area contributed by atoms with Crippen molar-refractivity contribution in [1.82, 2.24) is 9.78 Å². The van der Waals surface area contributed by atoms with Crippen LogP contribution in [0.5, 0.6) is 0 Å². The predicted octanol–water partition coefficient (Wildman–Crippen LogP) is 1.55. The number of carboxylic acid groups (broad SMARTS) is 1. The molecule has 2 aromatic rings. The molecule has 0 aliphatic rings. The molecule has 0 spiro atoms. The highest BCUT2D eigenvalue weighted by atomic mass is 19.2. The molecule has 0 bridgehead atoms. The Morgan fingerprint density at radius 3 is 2.73 bits per heavy atom. The van der Waals surface area contributed by atoms with Crippen molar-refractivity contribution in [2.45, 2.75) is 0 Å². The third-order valence-electron chi connectivity index (χ3n) is 2.02. The van der Waals surface area contributed by atoms with E-state index in [-0.39, 0.29) is 10.9 Å². The zero-order chi connectivity index (χ0) is 11.2. The van der Waals surface area contributed by atoms with E-state index in [4.69, 9.17) is 5.11 Å². The number of carbonyl (C=O) groups is 1. The molecule has 2 rings (SSSR count). The zero-order valence-corrected chi connectivity index (χ0v) is 7.66. The van der Waals surface area contributed by atoms with Crippen LogP contribution in [0, 0.1) is 11.6 Å². The lowest BCUT2D eigenvalue weighted by atomic mass is 10.1. The Morgan fingerprint density at radius 1 is 1.47 bits per heavy atom. The number of hydrogen-bond donors (Lipinski definition) is 1. The van der Waals surface area contributed by atoms with Gasteiger partial charge in [-0.15, -0.1) is 0 Å². The van der Waals surface area contributed by atoms with Crippen LogP contribution in [0.4, 0.5) is 8.78 Å². The molecule has 15 heavy (non-hydrogen) atoms. The van der Waals surface area contributed by atoms with Crippen LogP contribution in [0.2, 0.25) is 0 Å². The molecule has 0 amide bonds. The molecule has 1 aromatic carbocycles. The summed E-state index contributed by atoms with van der Waals surface area (Å²) in [6.45, 7) is 0. The maximum Gasteiger partial charge on any atom is 0.338 e. The van der Waals surface area contributed by atoms with Gasteiger partial charge in [0.25, 0.3) is 0 Å². The second-order valence-corrected chi connectivity index (χ2v) is 3.10. The van der Waals surface area contributed by atoms with Crippen molar-refractivity contribution in [3.63, 3.8) is 0 Å². The molecule has 0 saturated heterocycles. The third-order valence-corrected chi connectivity index (χ3v) is 2.02. The minimum absolute atomic E-state index is 0.167. The van der Waals surface area contributed by atoms with Gasteiger partial charge in [-0.2, -0.15) is 5.10 Å². The summed E-state index contributed by atoms with van der Waals surface area (Å²) in [5.74, 6) is -4.11. The molecule has 0 saturated carbocycles. The van der Waals surface area contributed by atoms with Crippen molar-refractivity contribution in [2.24, 2.45) is 7.05 Å². The first-order valence-corrected chi connectivity index (χ1v) is 4.05. The molecule has 78 valence electrons. The molecule has 6 heteroatoms. The van der Waals surface area contributed by atoms with E-state index in [1.165, 1.54) is 17.9 Å². The highest BCUT2D eigenvalue weighted by Crippen LogP contribution is 2.22. The van der Waals surface area contributed by atoms with E-state index < -0.39 is 23.2 Å². The minimum atomic E-state index is -1.50. The fraction of sp³-hybridized carbons (Fsp3) is 0.111. The summed E-state index contributed by atoms with van der Waals surface area (Å²) in [6, 6.07) is 1.06. The van der Waals surface area contributed by atoms with Crippen molar-refractivity contribution in [2.75, 3.05) is 0 Å². The molecule has 0 aliphatic carbocycles. The lowest BCUT2D eigenvalue weighted by molar-refractivity contribution is 0.0691. The number of aromatic carboxylic acids is 1. The Morgan fingerprint density at radius 2 is 2.13 bits per heavy atom.